The Bertz CT molecular complexity index is 1690. The van der Waals surface area contributed by atoms with Gasteiger partial charge in [0.1, 0.15) is 5.75 Å². The van der Waals surface area contributed by atoms with Crippen LogP contribution in [0.3, 0.4) is 0 Å². The number of benzene rings is 2. The van der Waals surface area contributed by atoms with Crippen molar-refractivity contribution >= 4 is 33.2 Å². The van der Waals surface area contributed by atoms with E-state index in [2.05, 4.69) is 38.8 Å². The van der Waals surface area contributed by atoms with Crippen molar-refractivity contribution in [1.82, 2.24) is 9.62 Å². The molecule has 1 amide bonds. The molecule has 2 aromatic carbocycles. The molecule has 6 atom stereocenters. The van der Waals surface area contributed by atoms with Crippen LogP contribution < -0.4 is 14.4 Å². The van der Waals surface area contributed by atoms with Gasteiger partial charge in [0.15, 0.2) is 6.29 Å². The number of aryl methyl sites for hydroxylation is 1. The van der Waals surface area contributed by atoms with E-state index < -0.39 is 21.2 Å². The van der Waals surface area contributed by atoms with E-state index in [0.717, 1.165) is 55.9 Å². The molecular formula is C38H50ClN3O6S. The number of hydrogen-bond donors (Lipinski definition) is 1. The number of likely N-dealkylation sites (N-methyl/N-ethyl adjacent to an activating group) is 1. The average molecular weight is 712 g/mol. The molecule has 2 bridgehead atoms. The second-order valence-electron chi connectivity index (χ2n) is 15.3. The molecule has 1 spiro atoms. The fourth-order valence-corrected chi connectivity index (χ4v) is 10.0. The summed E-state index contributed by atoms with van der Waals surface area (Å²) in [5, 5.41) is -0.0271. The molecule has 2 fully saturated rings. The minimum absolute atomic E-state index is 0.0362. The summed E-state index contributed by atoms with van der Waals surface area (Å²) in [4.78, 5) is 18.1. The van der Waals surface area contributed by atoms with E-state index in [0.29, 0.717) is 49.4 Å². The van der Waals surface area contributed by atoms with Gasteiger partial charge in [-0.3, -0.25) is 4.79 Å². The number of carbonyl (C=O) groups excluding carboxylic acids is 1. The van der Waals surface area contributed by atoms with Gasteiger partial charge in [0.2, 0.25) is 10.0 Å². The van der Waals surface area contributed by atoms with Gasteiger partial charge < -0.3 is 24.0 Å². The zero-order valence-electron chi connectivity index (χ0n) is 29.1. The molecule has 11 heteroatoms. The van der Waals surface area contributed by atoms with E-state index in [1.54, 1.807) is 13.0 Å². The van der Waals surface area contributed by atoms with Crippen LogP contribution in [0.1, 0.15) is 67.4 Å². The summed E-state index contributed by atoms with van der Waals surface area (Å²) in [5.74, 6) is 0.612. The Kier molecular flexibility index (Phi) is 9.82. The van der Waals surface area contributed by atoms with Crippen LogP contribution in [0, 0.1) is 23.7 Å². The van der Waals surface area contributed by atoms with Crippen LogP contribution in [0.2, 0.25) is 5.02 Å². The Morgan fingerprint density at radius 1 is 1.06 bits per heavy atom. The van der Waals surface area contributed by atoms with Crippen LogP contribution in [-0.2, 0) is 31.3 Å². The van der Waals surface area contributed by atoms with Crippen molar-refractivity contribution in [2.24, 2.45) is 23.7 Å². The fraction of sp³-hybridized carbons (Fsp3) is 0.605. The molecule has 3 heterocycles. The fourth-order valence-electron chi connectivity index (χ4n) is 8.56. The van der Waals surface area contributed by atoms with Crippen molar-refractivity contribution in [1.29, 1.82) is 0 Å². The van der Waals surface area contributed by atoms with E-state index >= 15 is 0 Å². The topological polar surface area (TPSA) is 97.4 Å². The minimum Gasteiger partial charge on any atom is -0.490 e. The van der Waals surface area contributed by atoms with Gasteiger partial charge in [0.05, 0.1) is 36.8 Å². The lowest BCUT2D eigenvalue weighted by Crippen LogP contribution is -2.51. The van der Waals surface area contributed by atoms with Gasteiger partial charge in [0.25, 0.3) is 5.91 Å². The molecule has 266 valence electrons. The largest absolute Gasteiger partial charge is 0.490 e. The minimum atomic E-state index is -3.94. The van der Waals surface area contributed by atoms with Crippen LogP contribution in [0.4, 0.5) is 5.69 Å². The number of nitrogens with one attached hydrogen (secondary N) is 1. The quantitative estimate of drug-likeness (QED) is 0.391. The average Bonchev–Trinajstić information content (AvgIpc) is 3.21. The van der Waals surface area contributed by atoms with Crippen molar-refractivity contribution in [2.45, 2.75) is 75.4 Å². The van der Waals surface area contributed by atoms with Gasteiger partial charge in [-0.2, -0.15) is 0 Å². The molecule has 5 aliphatic rings. The monoisotopic (exact) mass is 711 g/mol. The molecular weight excluding hydrogens is 662 g/mol. The zero-order valence-corrected chi connectivity index (χ0v) is 30.6. The highest BCUT2D eigenvalue weighted by Crippen LogP contribution is 2.48. The third-order valence-corrected chi connectivity index (χ3v) is 14.2. The highest BCUT2D eigenvalue weighted by molar-refractivity contribution is 7.90. The molecule has 1 saturated carbocycles. The summed E-state index contributed by atoms with van der Waals surface area (Å²) in [6.07, 6.45) is 9.66. The van der Waals surface area contributed by atoms with Crippen LogP contribution in [-0.4, -0.2) is 83.8 Å². The van der Waals surface area contributed by atoms with Crippen molar-refractivity contribution < 1.29 is 27.4 Å². The van der Waals surface area contributed by atoms with Crippen molar-refractivity contribution in [3.05, 3.63) is 70.3 Å². The number of allylic oxidation sites excluding steroid dienone is 1. The molecule has 7 rings (SSSR count). The van der Waals surface area contributed by atoms with E-state index in [4.69, 9.17) is 25.8 Å². The first-order valence-corrected chi connectivity index (χ1v) is 19.8. The van der Waals surface area contributed by atoms with Crippen molar-refractivity contribution in [3.8, 4) is 5.75 Å². The van der Waals surface area contributed by atoms with Gasteiger partial charge in [-0.1, -0.05) is 36.7 Å². The Labute approximate surface area is 296 Å². The molecule has 0 radical (unpaired) electrons. The number of sulfonamides is 1. The predicted molar refractivity (Wildman–Crippen MR) is 192 cm³/mol. The molecule has 2 aliphatic carbocycles. The Morgan fingerprint density at radius 3 is 2.59 bits per heavy atom. The third-order valence-electron chi connectivity index (χ3n) is 12.1. The van der Waals surface area contributed by atoms with Crippen molar-refractivity contribution in [3.63, 3.8) is 0 Å². The lowest BCUT2D eigenvalue weighted by molar-refractivity contribution is -0.230. The molecule has 9 nitrogen and oxygen atoms in total. The summed E-state index contributed by atoms with van der Waals surface area (Å²) in [5.41, 5.74) is 3.42. The SMILES string of the molecule is C[C@@H]1[C@@H](C)C/C=C\[C@@H](C2OCC(N(C)C)CO2)[C@@H]2CC[C@H]2CN2C[C@@]3(CCCc4cc(Cl)ccc43)COc3ccc(cc32)C(=O)NS1(=O)=O. The second kappa shape index (κ2) is 13.8. The van der Waals surface area contributed by atoms with E-state index in [1.807, 2.05) is 39.2 Å². The van der Waals surface area contributed by atoms with Gasteiger partial charge >= 0.3 is 0 Å². The lowest BCUT2D eigenvalue weighted by atomic mass is 9.65. The molecule has 2 aromatic rings. The predicted octanol–water partition coefficient (Wildman–Crippen LogP) is 5.80. The molecule has 1 saturated heterocycles. The Morgan fingerprint density at radius 2 is 1.86 bits per heavy atom. The van der Waals surface area contributed by atoms with E-state index in [1.165, 1.54) is 11.1 Å². The Balaban J connectivity index is 1.28. The highest BCUT2D eigenvalue weighted by atomic mass is 35.5. The first kappa shape index (κ1) is 34.8. The maximum absolute atomic E-state index is 13.5. The normalized spacial score (nSPS) is 35.3. The smallest absolute Gasteiger partial charge is 0.264 e. The summed E-state index contributed by atoms with van der Waals surface area (Å²) in [6.45, 7) is 6.82. The summed E-state index contributed by atoms with van der Waals surface area (Å²) in [6, 6.07) is 11.8. The zero-order chi connectivity index (χ0) is 34.5. The van der Waals surface area contributed by atoms with Crippen LogP contribution in [0.25, 0.3) is 0 Å². The first-order valence-electron chi connectivity index (χ1n) is 17.9. The number of amides is 1. The summed E-state index contributed by atoms with van der Waals surface area (Å²) < 4.78 is 48.8. The maximum atomic E-state index is 13.5. The standard InChI is InChI=1S/C38H50ClN3O6S/c1-24-7-5-9-32(37-46-20-30(21-47-37)41(3)4)31-13-10-28(31)19-42-22-38(16-6-8-26-17-29(39)12-14-33(26)38)23-48-35-15-11-27(18-34(35)42)36(43)40-49(44,45)25(24)2/h5,9,11-12,14-15,17-18,24-25,28,30-32,37H,6-8,10,13,16,19-23H2,1-4H3,(H,40,43)/b9-5-/t24-,25+,28-,30?,31+,32+,37?,38-/m0/s1. The number of nitrogens with zero attached hydrogens (tertiary/aromatic N) is 2. The molecule has 1 N–H and O–H groups in total. The number of hydrogen-bond acceptors (Lipinski definition) is 8. The molecule has 3 aliphatic heterocycles. The number of halogens is 1. The Hall–Kier alpha value is -2.63. The number of rotatable bonds is 2. The summed E-state index contributed by atoms with van der Waals surface area (Å²) >= 11 is 6.47. The van der Waals surface area contributed by atoms with Crippen molar-refractivity contribution in [2.75, 3.05) is 51.9 Å². The first-order chi connectivity index (χ1) is 23.4. The van der Waals surface area contributed by atoms with Gasteiger partial charge in [0, 0.05) is 35.0 Å². The number of carbonyl (C=O) groups is 1. The number of anilines is 1. The van der Waals surface area contributed by atoms with Crippen LogP contribution >= 0.6 is 11.6 Å². The van der Waals surface area contributed by atoms with Gasteiger partial charge in [-0.15, -0.1) is 0 Å². The molecule has 49 heavy (non-hydrogen) atoms. The van der Waals surface area contributed by atoms with Crippen LogP contribution in [0.15, 0.2) is 48.6 Å². The maximum Gasteiger partial charge on any atom is 0.264 e. The van der Waals surface area contributed by atoms with Gasteiger partial charge in [-0.25, -0.2) is 13.1 Å². The molecule has 0 unspecified atom stereocenters. The summed E-state index contributed by atoms with van der Waals surface area (Å²) in [7, 11) is 0.157. The van der Waals surface area contributed by atoms with E-state index in [-0.39, 0.29) is 29.6 Å². The second-order valence-corrected chi connectivity index (χ2v) is 17.8. The van der Waals surface area contributed by atoms with E-state index in [9.17, 15) is 13.2 Å². The number of fused-ring (bicyclic) bond motifs is 4. The van der Waals surface area contributed by atoms with Gasteiger partial charge in [-0.05, 0) is 119 Å². The highest BCUT2D eigenvalue weighted by Gasteiger charge is 2.46. The van der Waals surface area contributed by atoms with Crippen LogP contribution in [0.5, 0.6) is 5.75 Å². The molecule has 0 aromatic heterocycles. The lowest BCUT2D eigenvalue weighted by Gasteiger charge is -2.48. The third kappa shape index (κ3) is 6.88. The number of ether oxygens (including phenoxy) is 3.